The Morgan fingerprint density at radius 1 is 1.21 bits per heavy atom. The van der Waals surface area contributed by atoms with Crippen LogP contribution >= 0.6 is 11.6 Å². The van der Waals surface area contributed by atoms with Gasteiger partial charge in [0.2, 0.25) is 0 Å². The number of carbonyl (C=O) groups is 1. The highest BCUT2D eigenvalue weighted by Gasteiger charge is 2.05. The molecule has 0 aliphatic carbocycles. The lowest BCUT2D eigenvalue weighted by Gasteiger charge is -2.05. The predicted molar refractivity (Wildman–Crippen MR) is 73.8 cm³/mol. The van der Waals surface area contributed by atoms with Gasteiger partial charge >= 0.3 is 0 Å². The Morgan fingerprint density at radius 3 is 2.63 bits per heavy atom. The molecular formula is C15H11ClN2O. The molecule has 2 aromatic carbocycles. The van der Waals surface area contributed by atoms with Crippen molar-refractivity contribution in [1.29, 1.82) is 5.26 Å². The molecule has 0 aliphatic heterocycles. The number of hydrogen-bond donors (Lipinski definition) is 1. The molecule has 0 spiro atoms. The van der Waals surface area contributed by atoms with Crippen molar-refractivity contribution >= 4 is 17.5 Å². The molecule has 0 saturated carbocycles. The first-order valence-electron chi connectivity index (χ1n) is 5.72. The second-order valence-corrected chi connectivity index (χ2v) is 4.44. The van der Waals surface area contributed by atoms with Crippen molar-refractivity contribution in [3.8, 4) is 6.07 Å². The van der Waals surface area contributed by atoms with Crippen molar-refractivity contribution < 1.29 is 4.79 Å². The third-order valence-corrected chi connectivity index (χ3v) is 2.87. The van der Waals surface area contributed by atoms with E-state index in [0.29, 0.717) is 22.7 Å². The van der Waals surface area contributed by atoms with Crippen molar-refractivity contribution in [2.45, 2.75) is 6.54 Å². The van der Waals surface area contributed by atoms with E-state index in [4.69, 9.17) is 16.9 Å². The highest BCUT2D eigenvalue weighted by Crippen LogP contribution is 2.10. The number of nitrogens with zero attached hydrogens (tertiary/aromatic N) is 1. The maximum Gasteiger partial charge on any atom is 0.251 e. The summed E-state index contributed by atoms with van der Waals surface area (Å²) in [5.74, 6) is -0.168. The average molecular weight is 271 g/mol. The fourth-order valence-electron chi connectivity index (χ4n) is 1.64. The number of nitrogens with one attached hydrogen (secondary N) is 1. The van der Waals surface area contributed by atoms with Gasteiger partial charge in [-0.15, -0.1) is 0 Å². The van der Waals surface area contributed by atoms with Crippen LogP contribution in [0.1, 0.15) is 21.5 Å². The molecule has 0 unspecified atom stereocenters. The summed E-state index contributed by atoms with van der Waals surface area (Å²) in [6, 6.07) is 15.9. The largest absolute Gasteiger partial charge is 0.348 e. The molecule has 94 valence electrons. The number of rotatable bonds is 3. The predicted octanol–water partition coefficient (Wildman–Crippen LogP) is 3.14. The molecular weight excluding hydrogens is 260 g/mol. The van der Waals surface area contributed by atoms with Crippen LogP contribution < -0.4 is 5.32 Å². The molecule has 0 heterocycles. The summed E-state index contributed by atoms with van der Waals surface area (Å²) < 4.78 is 0. The molecule has 1 amide bonds. The molecule has 2 rings (SSSR count). The highest BCUT2D eigenvalue weighted by molar-refractivity contribution is 6.30. The molecule has 0 saturated heterocycles. The quantitative estimate of drug-likeness (QED) is 0.931. The van der Waals surface area contributed by atoms with Crippen LogP contribution in [-0.4, -0.2) is 5.91 Å². The summed E-state index contributed by atoms with van der Waals surface area (Å²) in [7, 11) is 0. The summed E-state index contributed by atoms with van der Waals surface area (Å²) in [6.45, 7) is 0.386. The maximum absolute atomic E-state index is 11.9. The van der Waals surface area contributed by atoms with Gasteiger partial charge in [-0.05, 0) is 42.0 Å². The fraction of sp³-hybridized carbons (Fsp3) is 0.0667. The van der Waals surface area contributed by atoms with Crippen molar-refractivity contribution in [3.05, 3.63) is 70.2 Å². The molecule has 0 aliphatic rings. The zero-order chi connectivity index (χ0) is 13.7. The molecule has 19 heavy (non-hydrogen) atoms. The third-order valence-electron chi connectivity index (χ3n) is 2.62. The van der Waals surface area contributed by atoms with Crippen molar-refractivity contribution in [1.82, 2.24) is 5.32 Å². The summed E-state index contributed by atoms with van der Waals surface area (Å²) >= 11 is 5.76. The molecule has 0 bridgehead atoms. The zero-order valence-electron chi connectivity index (χ0n) is 10.1. The molecule has 0 radical (unpaired) electrons. The maximum atomic E-state index is 11.9. The van der Waals surface area contributed by atoms with E-state index in [2.05, 4.69) is 11.4 Å². The van der Waals surface area contributed by atoms with Crippen LogP contribution in [0.4, 0.5) is 0 Å². The van der Waals surface area contributed by atoms with Gasteiger partial charge in [-0.1, -0.05) is 23.7 Å². The Kier molecular flexibility index (Phi) is 4.17. The number of carbonyl (C=O) groups excluding carboxylic acids is 1. The minimum atomic E-state index is -0.168. The Hall–Kier alpha value is -2.31. The van der Waals surface area contributed by atoms with Crippen molar-refractivity contribution in [2.75, 3.05) is 0 Å². The van der Waals surface area contributed by atoms with Crippen LogP contribution in [0.25, 0.3) is 0 Å². The van der Waals surface area contributed by atoms with Gasteiger partial charge in [0, 0.05) is 17.1 Å². The van der Waals surface area contributed by atoms with Gasteiger partial charge in [0.1, 0.15) is 0 Å². The SMILES string of the molecule is N#Cc1cccc(CNC(=O)c2ccc(Cl)cc2)c1. The second-order valence-electron chi connectivity index (χ2n) is 4.00. The van der Waals surface area contributed by atoms with E-state index in [1.807, 2.05) is 6.07 Å². The standard InChI is InChI=1S/C15H11ClN2O/c16-14-6-4-13(5-7-14)15(19)18-10-12-3-1-2-11(8-12)9-17/h1-8H,10H2,(H,18,19). The number of amides is 1. The van der Waals surface area contributed by atoms with E-state index >= 15 is 0 Å². The van der Waals surface area contributed by atoms with E-state index in [-0.39, 0.29) is 5.91 Å². The van der Waals surface area contributed by atoms with Crippen LogP contribution in [0.5, 0.6) is 0 Å². The van der Waals surface area contributed by atoms with Crippen molar-refractivity contribution in [3.63, 3.8) is 0 Å². The molecule has 0 aromatic heterocycles. The van der Waals surface area contributed by atoms with Gasteiger partial charge in [0.05, 0.1) is 11.6 Å². The average Bonchev–Trinajstić information content (AvgIpc) is 2.46. The molecule has 0 atom stereocenters. The number of benzene rings is 2. The Morgan fingerprint density at radius 2 is 1.95 bits per heavy atom. The number of hydrogen-bond acceptors (Lipinski definition) is 2. The van der Waals surface area contributed by atoms with E-state index in [9.17, 15) is 4.79 Å². The molecule has 4 heteroatoms. The van der Waals surface area contributed by atoms with Crippen LogP contribution in [0.2, 0.25) is 5.02 Å². The first-order chi connectivity index (χ1) is 9.19. The van der Waals surface area contributed by atoms with Crippen LogP contribution in [0, 0.1) is 11.3 Å². The minimum absolute atomic E-state index is 0.168. The lowest BCUT2D eigenvalue weighted by molar-refractivity contribution is 0.0951. The summed E-state index contributed by atoms with van der Waals surface area (Å²) in [4.78, 5) is 11.9. The van der Waals surface area contributed by atoms with Gasteiger partial charge < -0.3 is 5.32 Å². The van der Waals surface area contributed by atoms with Gasteiger partial charge in [-0.3, -0.25) is 4.79 Å². The van der Waals surface area contributed by atoms with E-state index in [1.54, 1.807) is 42.5 Å². The summed E-state index contributed by atoms with van der Waals surface area (Å²) in [5, 5.41) is 12.2. The normalized spacial score (nSPS) is 9.68. The Labute approximate surface area is 116 Å². The van der Waals surface area contributed by atoms with E-state index < -0.39 is 0 Å². The Balaban J connectivity index is 2.00. The van der Waals surface area contributed by atoms with Gasteiger partial charge in [0.15, 0.2) is 0 Å². The summed E-state index contributed by atoms with van der Waals surface area (Å²) in [5.41, 5.74) is 2.03. The van der Waals surface area contributed by atoms with Crippen LogP contribution in [0.15, 0.2) is 48.5 Å². The fourth-order valence-corrected chi connectivity index (χ4v) is 1.76. The monoisotopic (exact) mass is 270 g/mol. The van der Waals surface area contributed by atoms with Crippen LogP contribution in [0.3, 0.4) is 0 Å². The van der Waals surface area contributed by atoms with Gasteiger partial charge in [0.25, 0.3) is 5.91 Å². The highest BCUT2D eigenvalue weighted by atomic mass is 35.5. The molecule has 3 nitrogen and oxygen atoms in total. The van der Waals surface area contributed by atoms with Crippen molar-refractivity contribution in [2.24, 2.45) is 0 Å². The van der Waals surface area contributed by atoms with E-state index in [0.717, 1.165) is 5.56 Å². The third kappa shape index (κ3) is 3.57. The number of halogens is 1. The minimum Gasteiger partial charge on any atom is -0.348 e. The zero-order valence-corrected chi connectivity index (χ0v) is 10.8. The van der Waals surface area contributed by atoms with Gasteiger partial charge in [-0.2, -0.15) is 5.26 Å². The number of nitriles is 1. The van der Waals surface area contributed by atoms with E-state index in [1.165, 1.54) is 0 Å². The lowest BCUT2D eigenvalue weighted by Crippen LogP contribution is -2.22. The first kappa shape index (κ1) is 13.1. The smallest absolute Gasteiger partial charge is 0.251 e. The topological polar surface area (TPSA) is 52.9 Å². The van der Waals surface area contributed by atoms with Crippen LogP contribution in [-0.2, 0) is 6.54 Å². The molecule has 1 N–H and O–H groups in total. The molecule has 2 aromatic rings. The Bertz CT molecular complexity index is 629. The second kappa shape index (κ2) is 6.03. The molecule has 0 fully saturated rings. The summed E-state index contributed by atoms with van der Waals surface area (Å²) in [6.07, 6.45) is 0. The lowest BCUT2D eigenvalue weighted by atomic mass is 10.1. The van der Waals surface area contributed by atoms with Gasteiger partial charge in [-0.25, -0.2) is 0 Å². The first-order valence-corrected chi connectivity index (χ1v) is 6.09.